The molecule has 1 fully saturated rings. The van der Waals surface area contributed by atoms with Gasteiger partial charge in [-0.3, -0.25) is 0 Å². The zero-order valence-electron chi connectivity index (χ0n) is 10.8. The van der Waals surface area contributed by atoms with Crippen LogP contribution in [0, 0.1) is 17.2 Å². The summed E-state index contributed by atoms with van der Waals surface area (Å²) in [6.07, 6.45) is 6.78. The fourth-order valence-electron chi connectivity index (χ4n) is 2.59. The van der Waals surface area contributed by atoms with Crippen LogP contribution in [0.4, 0.5) is 0 Å². The maximum atomic E-state index is 9.17. The second-order valence-corrected chi connectivity index (χ2v) is 5.02. The molecule has 1 aromatic carbocycles. The van der Waals surface area contributed by atoms with E-state index in [4.69, 9.17) is 4.74 Å². The number of rotatable bonds is 4. The van der Waals surface area contributed by atoms with Crippen LogP contribution in [-0.2, 0) is 11.2 Å². The molecular formula is C16H21NO. The first-order valence-electron chi connectivity index (χ1n) is 6.95. The second kappa shape index (κ2) is 7.18. The predicted molar refractivity (Wildman–Crippen MR) is 72.1 cm³/mol. The number of hydrogen-bond acceptors (Lipinski definition) is 2. The maximum Gasteiger partial charge on any atom is 0.0733 e. The van der Waals surface area contributed by atoms with E-state index in [1.807, 2.05) is 6.07 Å². The molecule has 0 radical (unpaired) electrons. The molecule has 96 valence electrons. The Morgan fingerprint density at radius 2 is 1.89 bits per heavy atom. The molecule has 18 heavy (non-hydrogen) atoms. The van der Waals surface area contributed by atoms with Gasteiger partial charge in [0.05, 0.1) is 24.7 Å². The molecule has 0 spiro atoms. The van der Waals surface area contributed by atoms with Gasteiger partial charge < -0.3 is 4.74 Å². The molecule has 2 atom stereocenters. The van der Waals surface area contributed by atoms with Crippen molar-refractivity contribution in [1.29, 1.82) is 5.26 Å². The van der Waals surface area contributed by atoms with Gasteiger partial charge in [-0.15, -0.1) is 0 Å². The van der Waals surface area contributed by atoms with Gasteiger partial charge >= 0.3 is 0 Å². The van der Waals surface area contributed by atoms with E-state index in [-0.39, 0.29) is 12.0 Å². The van der Waals surface area contributed by atoms with Crippen molar-refractivity contribution < 1.29 is 4.74 Å². The SMILES string of the molecule is N#CC1CCCCCC1OCCc1ccccc1. The first-order chi connectivity index (χ1) is 8.90. The smallest absolute Gasteiger partial charge is 0.0733 e. The Balaban J connectivity index is 1.79. The molecule has 2 unspecified atom stereocenters. The van der Waals surface area contributed by atoms with Crippen LogP contribution in [0.2, 0.25) is 0 Å². The molecule has 2 heteroatoms. The number of nitriles is 1. The highest BCUT2D eigenvalue weighted by Crippen LogP contribution is 2.25. The normalized spacial score (nSPS) is 24.2. The highest BCUT2D eigenvalue weighted by molar-refractivity contribution is 5.14. The molecule has 0 aliphatic heterocycles. The van der Waals surface area contributed by atoms with E-state index >= 15 is 0 Å². The van der Waals surface area contributed by atoms with Crippen LogP contribution in [0.5, 0.6) is 0 Å². The summed E-state index contributed by atoms with van der Waals surface area (Å²) in [7, 11) is 0. The van der Waals surface area contributed by atoms with Gasteiger partial charge in [0.25, 0.3) is 0 Å². The van der Waals surface area contributed by atoms with Crippen molar-refractivity contribution in [3.8, 4) is 6.07 Å². The third kappa shape index (κ3) is 3.85. The van der Waals surface area contributed by atoms with Crippen LogP contribution >= 0.6 is 0 Å². The highest BCUT2D eigenvalue weighted by atomic mass is 16.5. The van der Waals surface area contributed by atoms with Crippen molar-refractivity contribution in [2.75, 3.05) is 6.61 Å². The van der Waals surface area contributed by atoms with E-state index in [1.165, 1.54) is 24.8 Å². The lowest BCUT2D eigenvalue weighted by atomic mass is 9.99. The van der Waals surface area contributed by atoms with E-state index in [2.05, 4.69) is 30.3 Å². The zero-order chi connectivity index (χ0) is 12.6. The largest absolute Gasteiger partial charge is 0.377 e. The fraction of sp³-hybridized carbons (Fsp3) is 0.562. The Bertz CT molecular complexity index is 382. The molecule has 0 saturated heterocycles. The number of benzene rings is 1. The third-order valence-corrected chi connectivity index (χ3v) is 3.68. The lowest BCUT2D eigenvalue weighted by Crippen LogP contribution is -2.22. The zero-order valence-corrected chi connectivity index (χ0v) is 10.8. The topological polar surface area (TPSA) is 33.0 Å². The van der Waals surface area contributed by atoms with Crippen LogP contribution in [0.25, 0.3) is 0 Å². The Hall–Kier alpha value is -1.33. The average molecular weight is 243 g/mol. The Labute approximate surface area is 110 Å². The monoisotopic (exact) mass is 243 g/mol. The van der Waals surface area contributed by atoms with Gasteiger partial charge in [0.15, 0.2) is 0 Å². The lowest BCUT2D eigenvalue weighted by molar-refractivity contribution is 0.0251. The minimum Gasteiger partial charge on any atom is -0.377 e. The van der Waals surface area contributed by atoms with Crippen LogP contribution < -0.4 is 0 Å². The minimum atomic E-state index is 0.100. The lowest BCUT2D eigenvalue weighted by Gasteiger charge is -2.19. The van der Waals surface area contributed by atoms with E-state index in [0.717, 1.165) is 25.9 Å². The van der Waals surface area contributed by atoms with Crippen molar-refractivity contribution in [2.45, 2.75) is 44.6 Å². The average Bonchev–Trinajstić information content (AvgIpc) is 2.65. The highest BCUT2D eigenvalue weighted by Gasteiger charge is 2.23. The summed E-state index contributed by atoms with van der Waals surface area (Å²) in [5.41, 5.74) is 1.31. The molecule has 0 aromatic heterocycles. The molecule has 1 aromatic rings. The molecular weight excluding hydrogens is 222 g/mol. The molecule has 0 heterocycles. The Morgan fingerprint density at radius 3 is 2.67 bits per heavy atom. The standard InChI is InChI=1S/C16H21NO/c17-13-15-9-5-2-6-10-16(15)18-12-11-14-7-3-1-4-8-14/h1,3-4,7-8,15-16H,2,5-6,9-12H2. The summed E-state index contributed by atoms with van der Waals surface area (Å²) in [4.78, 5) is 0. The van der Waals surface area contributed by atoms with Gasteiger partial charge in [0.1, 0.15) is 0 Å². The van der Waals surface area contributed by atoms with Crippen LogP contribution in [-0.4, -0.2) is 12.7 Å². The minimum absolute atomic E-state index is 0.100. The fourth-order valence-corrected chi connectivity index (χ4v) is 2.59. The molecule has 1 aliphatic rings. The quantitative estimate of drug-likeness (QED) is 0.755. The molecule has 0 amide bonds. The van der Waals surface area contributed by atoms with E-state index < -0.39 is 0 Å². The molecule has 0 N–H and O–H groups in total. The summed E-state index contributed by atoms with van der Waals surface area (Å²) in [6.45, 7) is 0.729. The summed E-state index contributed by atoms with van der Waals surface area (Å²) in [5.74, 6) is 0.100. The van der Waals surface area contributed by atoms with Crippen LogP contribution in [0.3, 0.4) is 0 Å². The molecule has 2 rings (SSSR count). The van der Waals surface area contributed by atoms with Crippen LogP contribution in [0.1, 0.15) is 37.7 Å². The summed E-state index contributed by atoms with van der Waals surface area (Å²) < 4.78 is 5.95. The maximum absolute atomic E-state index is 9.17. The van der Waals surface area contributed by atoms with Crippen molar-refractivity contribution in [3.05, 3.63) is 35.9 Å². The Morgan fingerprint density at radius 1 is 1.11 bits per heavy atom. The van der Waals surface area contributed by atoms with Crippen molar-refractivity contribution in [2.24, 2.45) is 5.92 Å². The van der Waals surface area contributed by atoms with E-state index in [0.29, 0.717) is 0 Å². The number of nitrogens with zero attached hydrogens (tertiary/aromatic N) is 1. The van der Waals surface area contributed by atoms with Crippen molar-refractivity contribution >= 4 is 0 Å². The number of hydrogen-bond donors (Lipinski definition) is 0. The predicted octanol–water partition coefficient (Wildman–Crippen LogP) is 3.72. The van der Waals surface area contributed by atoms with Gasteiger partial charge in [-0.2, -0.15) is 5.26 Å². The van der Waals surface area contributed by atoms with Crippen LogP contribution in [0.15, 0.2) is 30.3 Å². The van der Waals surface area contributed by atoms with Crippen molar-refractivity contribution in [3.63, 3.8) is 0 Å². The first kappa shape index (κ1) is 13.1. The second-order valence-electron chi connectivity index (χ2n) is 5.02. The first-order valence-corrected chi connectivity index (χ1v) is 6.95. The molecule has 2 nitrogen and oxygen atoms in total. The van der Waals surface area contributed by atoms with Gasteiger partial charge in [-0.05, 0) is 24.8 Å². The number of ether oxygens (including phenoxy) is 1. The van der Waals surface area contributed by atoms with E-state index in [9.17, 15) is 5.26 Å². The summed E-state index contributed by atoms with van der Waals surface area (Å²) in [6, 6.07) is 12.8. The van der Waals surface area contributed by atoms with E-state index in [1.54, 1.807) is 0 Å². The Kier molecular flexibility index (Phi) is 5.23. The summed E-state index contributed by atoms with van der Waals surface area (Å²) >= 11 is 0. The van der Waals surface area contributed by atoms with Gasteiger partial charge in [0.2, 0.25) is 0 Å². The molecule has 0 bridgehead atoms. The van der Waals surface area contributed by atoms with Crippen molar-refractivity contribution in [1.82, 2.24) is 0 Å². The van der Waals surface area contributed by atoms with Gasteiger partial charge in [-0.1, -0.05) is 49.6 Å². The molecule has 1 aliphatic carbocycles. The van der Waals surface area contributed by atoms with Gasteiger partial charge in [-0.25, -0.2) is 0 Å². The van der Waals surface area contributed by atoms with Gasteiger partial charge in [0, 0.05) is 0 Å². The molecule has 1 saturated carbocycles. The summed E-state index contributed by atoms with van der Waals surface area (Å²) in [5, 5.41) is 9.17. The third-order valence-electron chi connectivity index (χ3n) is 3.68.